The standard InChI is InChI=1S/C19H20N2O3/c1-12-8-10-14(11-9-12)18-17(19(22)23)13(2)20-21(18)15-6-4-5-7-16(15)24-3/h4-11,17-18H,1-3H3,(H,22,23). The van der Waals surface area contributed by atoms with E-state index in [9.17, 15) is 9.90 Å². The second-order valence-corrected chi connectivity index (χ2v) is 5.93. The van der Waals surface area contributed by atoms with Gasteiger partial charge in [0.2, 0.25) is 0 Å². The molecule has 0 saturated carbocycles. The van der Waals surface area contributed by atoms with Gasteiger partial charge < -0.3 is 9.84 Å². The fourth-order valence-electron chi connectivity index (χ4n) is 3.10. The average molecular weight is 324 g/mol. The van der Waals surface area contributed by atoms with Crippen LogP contribution in [0.25, 0.3) is 0 Å². The number of aryl methyl sites for hydroxylation is 1. The molecule has 0 aliphatic carbocycles. The first-order valence-corrected chi connectivity index (χ1v) is 7.79. The third-order valence-electron chi connectivity index (χ3n) is 4.31. The zero-order valence-corrected chi connectivity index (χ0v) is 13.9. The lowest BCUT2D eigenvalue weighted by Crippen LogP contribution is -2.30. The number of para-hydroxylation sites is 2. The molecule has 1 heterocycles. The van der Waals surface area contributed by atoms with Crippen molar-refractivity contribution in [2.24, 2.45) is 11.0 Å². The predicted octanol–water partition coefficient (Wildman–Crippen LogP) is 3.64. The Morgan fingerprint density at radius 1 is 1.12 bits per heavy atom. The van der Waals surface area contributed by atoms with Crippen LogP contribution in [-0.2, 0) is 4.79 Å². The van der Waals surface area contributed by atoms with Crippen LogP contribution in [0.15, 0.2) is 53.6 Å². The third kappa shape index (κ3) is 2.73. The maximum Gasteiger partial charge on any atom is 0.314 e. The van der Waals surface area contributed by atoms with Crippen LogP contribution in [0.1, 0.15) is 24.1 Å². The molecule has 5 nitrogen and oxygen atoms in total. The van der Waals surface area contributed by atoms with Crippen molar-refractivity contribution in [3.8, 4) is 5.75 Å². The van der Waals surface area contributed by atoms with Gasteiger partial charge in [-0.3, -0.25) is 9.80 Å². The molecule has 1 aliphatic rings. The van der Waals surface area contributed by atoms with E-state index in [1.54, 1.807) is 19.0 Å². The molecule has 2 aromatic carbocycles. The first kappa shape index (κ1) is 16.1. The first-order chi connectivity index (χ1) is 11.5. The van der Waals surface area contributed by atoms with E-state index < -0.39 is 17.9 Å². The molecule has 5 heteroatoms. The van der Waals surface area contributed by atoms with Crippen LogP contribution in [-0.4, -0.2) is 23.9 Å². The van der Waals surface area contributed by atoms with Gasteiger partial charge in [0, 0.05) is 0 Å². The number of nitrogens with zero attached hydrogens (tertiary/aromatic N) is 2. The topological polar surface area (TPSA) is 62.1 Å². The number of anilines is 1. The molecule has 1 N–H and O–H groups in total. The smallest absolute Gasteiger partial charge is 0.314 e. The van der Waals surface area contributed by atoms with Gasteiger partial charge in [0.15, 0.2) is 0 Å². The lowest BCUT2D eigenvalue weighted by Gasteiger charge is -2.28. The molecule has 2 atom stereocenters. The summed E-state index contributed by atoms with van der Waals surface area (Å²) in [5.74, 6) is -0.908. The molecule has 0 bridgehead atoms. The van der Waals surface area contributed by atoms with E-state index in [1.165, 1.54) is 0 Å². The molecule has 0 radical (unpaired) electrons. The predicted molar refractivity (Wildman–Crippen MR) is 93.6 cm³/mol. The Hall–Kier alpha value is -2.82. The molecule has 124 valence electrons. The minimum atomic E-state index is -0.876. The summed E-state index contributed by atoms with van der Waals surface area (Å²) < 4.78 is 5.43. The van der Waals surface area contributed by atoms with E-state index in [4.69, 9.17) is 4.74 Å². The van der Waals surface area contributed by atoms with Crippen LogP contribution in [0.5, 0.6) is 5.75 Å². The van der Waals surface area contributed by atoms with Gasteiger partial charge in [-0.05, 0) is 31.5 Å². The number of carbonyl (C=O) groups is 1. The Bertz CT molecular complexity index is 783. The Balaban J connectivity index is 2.12. The van der Waals surface area contributed by atoms with E-state index in [0.717, 1.165) is 16.8 Å². The van der Waals surface area contributed by atoms with Gasteiger partial charge in [-0.1, -0.05) is 42.0 Å². The molecule has 2 aromatic rings. The number of carboxylic acid groups (broad SMARTS) is 1. The monoisotopic (exact) mass is 324 g/mol. The van der Waals surface area contributed by atoms with E-state index in [-0.39, 0.29) is 0 Å². The van der Waals surface area contributed by atoms with Crippen LogP contribution in [0.3, 0.4) is 0 Å². The summed E-state index contributed by atoms with van der Waals surface area (Å²) >= 11 is 0. The number of carboxylic acids is 1. The molecule has 2 unspecified atom stereocenters. The summed E-state index contributed by atoms with van der Waals surface area (Å²) in [7, 11) is 1.60. The summed E-state index contributed by atoms with van der Waals surface area (Å²) in [6, 6.07) is 15.0. The largest absolute Gasteiger partial charge is 0.495 e. The highest BCUT2D eigenvalue weighted by atomic mass is 16.5. The third-order valence-corrected chi connectivity index (χ3v) is 4.31. The SMILES string of the molecule is COc1ccccc1N1N=C(C)C(C(=O)O)C1c1ccc(C)cc1. The number of methoxy groups -OCH3 is 1. The zero-order valence-electron chi connectivity index (χ0n) is 13.9. The summed E-state index contributed by atoms with van der Waals surface area (Å²) in [5.41, 5.74) is 3.39. The minimum absolute atomic E-state index is 0.403. The van der Waals surface area contributed by atoms with Crippen molar-refractivity contribution in [2.45, 2.75) is 19.9 Å². The van der Waals surface area contributed by atoms with Gasteiger partial charge in [-0.15, -0.1) is 0 Å². The van der Waals surface area contributed by atoms with Gasteiger partial charge in [0.1, 0.15) is 17.4 Å². The fraction of sp³-hybridized carbons (Fsp3) is 0.263. The highest BCUT2D eigenvalue weighted by Crippen LogP contribution is 2.42. The van der Waals surface area contributed by atoms with Crippen molar-refractivity contribution in [1.29, 1.82) is 0 Å². The average Bonchev–Trinajstić information content (AvgIpc) is 2.92. The van der Waals surface area contributed by atoms with Gasteiger partial charge in [0.25, 0.3) is 0 Å². The minimum Gasteiger partial charge on any atom is -0.495 e. The highest BCUT2D eigenvalue weighted by Gasteiger charge is 2.42. The quantitative estimate of drug-likeness (QED) is 0.932. The van der Waals surface area contributed by atoms with Crippen LogP contribution >= 0.6 is 0 Å². The van der Waals surface area contributed by atoms with Gasteiger partial charge in [-0.2, -0.15) is 5.10 Å². The number of benzene rings is 2. The molecule has 0 aromatic heterocycles. The second-order valence-electron chi connectivity index (χ2n) is 5.93. The van der Waals surface area contributed by atoms with Crippen molar-refractivity contribution in [3.63, 3.8) is 0 Å². The summed E-state index contributed by atoms with van der Waals surface area (Å²) in [5, 5.41) is 16.0. The number of rotatable bonds is 4. The number of hydrogen-bond acceptors (Lipinski definition) is 4. The Kier molecular flexibility index (Phi) is 4.25. The van der Waals surface area contributed by atoms with E-state index in [0.29, 0.717) is 11.5 Å². The Labute approximate surface area is 141 Å². The van der Waals surface area contributed by atoms with Crippen molar-refractivity contribution in [3.05, 3.63) is 59.7 Å². The van der Waals surface area contributed by atoms with E-state index in [2.05, 4.69) is 5.10 Å². The second kappa shape index (κ2) is 6.35. The molecule has 0 spiro atoms. The molecule has 3 rings (SSSR count). The van der Waals surface area contributed by atoms with Crippen molar-refractivity contribution in [1.82, 2.24) is 0 Å². The molecule has 0 fully saturated rings. The van der Waals surface area contributed by atoms with Crippen LogP contribution in [0, 0.1) is 12.8 Å². The lowest BCUT2D eigenvalue weighted by molar-refractivity contribution is -0.139. The van der Waals surface area contributed by atoms with Crippen molar-refractivity contribution < 1.29 is 14.6 Å². The van der Waals surface area contributed by atoms with E-state index >= 15 is 0 Å². The number of hydrogen-bond donors (Lipinski definition) is 1. The molecule has 24 heavy (non-hydrogen) atoms. The maximum atomic E-state index is 11.9. The van der Waals surface area contributed by atoms with E-state index in [1.807, 2.05) is 55.5 Å². The molecule has 0 amide bonds. The fourth-order valence-corrected chi connectivity index (χ4v) is 3.10. The highest BCUT2D eigenvalue weighted by molar-refractivity contribution is 6.04. The summed E-state index contributed by atoms with van der Waals surface area (Å²) in [6.07, 6.45) is 0. The molecule has 0 saturated heterocycles. The number of aliphatic carboxylic acids is 1. The maximum absolute atomic E-state index is 11.9. The molecular formula is C19H20N2O3. The van der Waals surface area contributed by atoms with Crippen LogP contribution in [0.4, 0.5) is 5.69 Å². The van der Waals surface area contributed by atoms with Gasteiger partial charge in [-0.25, -0.2) is 0 Å². The normalized spacial score (nSPS) is 20.0. The number of hydrazone groups is 1. The number of ether oxygens (including phenoxy) is 1. The summed E-state index contributed by atoms with van der Waals surface area (Å²) in [4.78, 5) is 11.9. The first-order valence-electron chi connectivity index (χ1n) is 7.79. The van der Waals surface area contributed by atoms with Crippen LogP contribution < -0.4 is 9.75 Å². The summed E-state index contributed by atoms with van der Waals surface area (Å²) in [6.45, 7) is 3.77. The van der Waals surface area contributed by atoms with Crippen molar-refractivity contribution >= 4 is 17.4 Å². The van der Waals surface area contributed by atoms with Gasteiger partial charge in [0.05, 0.1) is 18.9 Å². The zero-order chi connectivity index (χ0) is 17.3. The molecule has 1 aliphatic heterocycles. The van der Waals surface area contributed by atoms with Crippen LogP contribution in [0.2, 0.25) is 0 Å². The molecular weight excluding hydrogens is 304 g/mol. The lowest BCUT2D eigenvalue weighted by atomic mass is 9.90. The Morgan fingerprint density at radius 2 is 1.79 bits per heavy atom. The van der Waals surface area contributed by atoms with Gasteiger partial charge >= 0.3 is 5.97 Å². The Morgan fingerprint density at radius 3 is 2.42 bits per heavy atom. The van der Waals surface area contributed by atoms with Crippen molar-refractivity contribution in [2.75, 3.05) is 12.1 Å².